The second kappa shape index (κ2) is 4.69. The quantitative estimate of drug-likeness (QED) is 0.742. The highest BCUT2D eigenvalue weighted by Gasteiger charge is 2.18. The molecule has 0 unspecified atom stereocenters. The number of nitrogens with zero attached hydrogens (tertiary/aromatic N) is 2. The second-order valence-corrected chi connectivity index (χ2v) is 4.59. The number of benzene rings is 1. The average molecular weight is 242 g/mol. The van der Waals surface area contributed by atoms with Gasteiger partial charge in [-0.15, -0.1) is 6.58 Å². The van der Waals surface area contributed by atoms with E-state index in [9.17, 15) is 4.79 Å². The lowest BCUT2D eigenvalue weighted by atomic mass is 10.1. The van der Waals surface area contributed by atoms with Gasteiger partial charge in [-0.05, 0) is 18.6 Å². The van der Waals surface area contributed by atoms with Gasteiger partial charge in [0.05, 0.1) is 5.52 Å². The van der Waals surface area contributed by atoms with Crippen molar-refractivity contribution in [3.63, 3.8) is 0 Å². The number of carbonyl (C=O) groups excluding carboxylic acids is 1. The average Bonchev–Trinajstić information content (AvgIpc) is 2.63. The molecule has 3 heteroatoms. The van der Waals surface area contributed by atoms with Crippen molar-refractivity contribution in [2.45, 2.75) is 13.3 Å². The molecule has 0 radical (unpaired) electrons. The van der Waals surface area contributed by atoms with Crippen molar-refractivity contribution in [2.24, 2.45) is 0 Å². The number of amides is 1. The topological polar surface area (TPSA) is 25.2 Å². The number of aromatic nitrogens is 1. The highest BCUT2D eigenvalue weighted by Crippen LogP contribution is 2.26. The molecule has 0 spiro atoms. The van der Waals surface area contributed by atoms with Crippen LogP contribution in [-0.2, 0) is 6.42 Å². The summed E-state index contributed by atoms with van der Waals surface area (Å²) < 4.78 is 1.78. The molecule has 0 N–H and O–H groups in total. The van der Waals surface area contributed by atoms with Crippen LogP contribution >= 0.6 is 0 Å². The van der Waals surface area contributed by atoms with Gasteiger partial charge in [-0.25, -0.2) is 4.79 Å². The van der Waals surface area contributed by atoms with Crippen LogP contribution in [0.3, 0.4) is 0 Å². The Morgan fingerprint density at radius 2 is 2.06 bits per heavy atom. The summed E-state index contributed by atoms with van der Waals surface area (Å²) in [5, 5.41) is 1.13. The highest BCUT2D eigenvalue weighted by atomic mass is 16.2. The van der Waals surface area contributed by atoms with E-state index in [0.717, 1.165) is 22.2 Å². The summed E-state index contributed by atoms with van der Waals surface area (Å²) in [6.07, 6.45) is 2.53. The fourth-order valence-electron chi connectivity index (χ4n) is 2.25. The zero-order valence-corrected chi connectivity index (χ0v) is 11.1. The predicted molar refractivity (Wildman–Crippen MR) is 75.1 cm³/mol. The lowest BCUT2D eigenvalue weighted by Gasteiger charge is -2.14. The van der Waals surface area contributed by atoms with E-state index >= 15 is 0 Å². The third-order valence-electron chi connectivity index (χ3n) is 3.16. The van der Waals surface area contributed by atoms with Crippen molar-refractivity contribution in [3.05, 3.63) is 48.2 Å². The Morgan fingerprint density at radius 1 is 1.39 bits per heavy atom. The van der Waals surface area contributed by atoms with E-state index in [-0.39, 0.29) is 6.03 Å². The number of allylic oxidation sites excluding steroid dienone is 1. The van der Waals surface area contributed by atoms with Crippen LogP contribution in [0.15, 0.2) is 36.9 Å². The monoisotopic (exact) mass is 242 g/mol. The lowest BCUT2D eigenvalue weighted by molar-refractivity contribution is 0.219. The Kier molecular flexibility index (Phi) is 3.24. The molecule has 2 aromatic rings. The second-order valence-electron chi connectivity index (χ2n) is 4.59. The van der Waals surface area contributed by atoms with Gasteiger partial charge in [0.25, 0.3) is 0 Å². The molecule has 0 bridgehead atoms. The number of hydrogen-bond acceptors (Lipinski definition) is 1. The smallest absolute Gasteiger partial charge is 0.328 e. The van der Waals surface area contributed by atoms with E-state index in [0.29, 0.717) is 6.42 Å². The molecule has 3 nitrogen and oxygen atoms in total. The van der Waals surface area contributed by atoms with Gasteiger partial charge in [-0.3, -0.25) is 4.57 Å². The van der Waals surface area contributed by atoms with Gasteiger partial charge in [0, 0.05) is 31.6 Å². The Hall–Kier alpha value is -2.03. The molecule has 1 aromatic heterocycles. The van der Waals surface area contributed by atoms with Gasteiger partial charge >= 0.3 is 6.03 Å². The molecule has 1 aromatic carbocycles. The van der Waals surface area contributed by atoms with E-state index in [1.807, 2.05) is 24.3 Å². The molecule has 0 aliphatic carbocycles. The molecule has 0 saturated heterocycles. The number of para-hydroxylation sites is 1. The van der Waals surface area contributed by atoms with Crippen molar-refractivity contribution in [1.29, 1.82) is 0 Å². The summed E-state index contributed by atoms with van der Waals surface area (Å²) in [5.41, 5.74) is 3.14. The Labute approximate surface area is 107 Å². The molecule has 0 aliphatic rings. The van der Waals surface area contributed by atoms with Crippen LogP contribution in [0, 0.1) is 6.92 Å². The van der Waals surface area contributed by atoms with Gasteiger partial charge in [-0.2, -0.15) is 0 Å². The third-order valence-corrected chi connectivity index (χ3v) is 3.16. The van der Waals surface area contributed by atoms with Gasteiger partial charge in [0.2, 0.25) is 0 Å². The minimum Gasteiger partial charge on any atom is -0.330 e. The summed E-state index contributed by atoms with van der Waals surface area (Å²) in [5.74, 6) is 0. The first-order valence-corrected chi connectivity index (χ1v) is 5.99. The van der Waals surface area contributed by atoms with Crippen molar-refractivity contribution in [3.8, 4) is 0 Å². The normalized spacial score (nSPS) is 10.6. The first-order chi connectivity index (χ1) is 8.57. The van der Waals surface area contributed by atoms with Crippen molar-refractivity contribution in [2.75, 3.05) is 14.1 Å². The number of carbonyl (C=O) groups is 1. The van der Waals surface area contributed by atoms with Crippen molar-refractivity contribution < 1.29 is 4.79 Å². The Morgan fingerprint density at radius 3 is 2.67 bits per heavy atom. The van der Waals surface area contributed by atoms with Crippen LogP contribution in [0.25, 0.3) is 10.9 Å². The summed E-state index contributed by atoms with van der Waals surface area (Å²) in [4.78, 5) is 13.9. The first-order valence-electron chi connectivity index (χ1n) is 5.99. The minimum absolute atomic E-state index is 0.0175. The van der Waals surface area contributed by atoms with Crippen molar-refractivity contribution >= 4 is 16.9 Å². The zero-order valence-electron chi connectivity index (χ0n) is 11.1. The van der Waals surface area contributed by atoms with Crippen molar-refractivity contribution in [1.82, 2.24) is 9.47 Å². The van der Waals surface area contributed by atoms with Crippen LogP contribution in [0.2, 0.25) is 0 Å². The van der Waals surface area contributed by atoms with Gasteiger partial charge in [-0.1, -0.05) is 24.3 Å². The first kappa shape index (κ1) is 12.4. The molecule has 2 rings (SSSR count). The van der Waals surface area contributed by atoms with E-state index < -0.39 is 0 Å². The fourth-order valence-corrected chi connectivity index (χ4v) is 2.25. The molecule has 1 amide bonds. The summed E-state index contributed by atoms with van der Waals surface area (Å²) in [6, 6.07) is 7.97. The Balaban J connectivity index is 2.78. The molecule has 1 heterocycles. The number of hydrogen-bond donors (Lipinski definition) is 0. The molecule has 0 aliphatic heterocycles. The summed E-state index contributed by atoms with van der Waals surface area (Å²) in [6.45, 7) is 5.83. The molecule has 0 fully saturated rings. The lowest BCUT2D eigenvalue weighted by Crippen LogP contribution is -2.28. The van der Waals surface area contributed by atoms with Gasteiger partial charge in [0.1, 0.15) is 0 Å². The predicted octanol–water partition coefficient (Wildman–Crippen LogP) is 3.21. The van der Waals surface area contributed by atoms with Gasteiger partial charge in [0.15, 0.2) is 0 Å². The minimum atomic E-state index is -0.0175. The zero-order chi connectivity index (χ0) is 13.3. The third kappa shape index (κ3) is 1.82. The standard InChI is InChI=1S/C15H18N2O/c1-5-8-13-11(2)12-9-6-7-10-14(12)17(13)15(18)16(3)4/h5-7,9-10H,1,8H2,2-4H3. The number of rotatable bonds is 2. The van der Waals surface area contributed by atoms with E-state index in [1.54, 1.807) is 23.6 Å². The molecule has 18 heavy (non-hydrogen) atoms. The summed E-state index contributed by atoms with van der Waals surface area (Å²) in [7, 11) is 3.54. The molecular formula is C15H18N2O. The maximum absolute atomic E-state index is 12.3. The Bertz CT molecular complexity index is 608. The maximum atomic E-state index is 12.3. The van der Waals surface area contributed by atoms with Crippen LogP contribution in [0.4, 0.5) is 4.79 Å². The molecule has 0 atom stereocenters. The molecule has 0 saturated carbocycles. The van der Waals surface area contributed by atoms with E-state index in [1.165, 1.54) is 0 Å². The van der Waals surface area contributed by atoms with Gasteiger partial charge < -0.3 is 4.90 Å². The maximum Gasteiger partial charge on any atom is 0.328 e. The van der Waals surface area contributed by atoms with Crippen LogP contribution in [0.5, 0.6) is 0 Å². The van der Waals surface area contributed by atoms with E-state index in [2.05, 4.69) is 19.6 Å². The largest absolute Gasteiger partial charge is 0.330 e. The van der Waals surface area contributed by atoms with Crippen LogP contribution < -0.4 is 0 Å². The SMILES string of the molecule is C=CCc1c(C)c2ccccc2n1C(=O)N(C)C. The van der Waals surface area contributed by atoms with Crippen LogP contribution in [0.1, 0.15) is 11.3 Å². The van der Waals surface area contributed by atoms with Crippen LogP contribution in [-0.4, -0.2) is 29.6 Å². The fraction of sp³-hybridized carbons (Fsp3) is 0.267. The molecular weight excluding hydrogens is 224 g/mol. The van der Waals surface area contributed by atoms with E-state index in [4.69, 9.17) is 0 Å². The summed E-state index contributed by atoms with van der Waals surface area (Å²) >= 11 is 0. The highest BCUT2D eigenvalue weighted by molar-refractivity contribution is 5.95. The molecule has 94 valence electrons. The number of fused-ring (bicyclic) bond motifs is 1. The number of aryl methyl sites for hydroxylation is 1.